The lowest BCUT2D eigenvalue weighted by molar-refractivity contribution is 0.416. The molecular formula is C14H15Cl2NOS. The Morgan fingerprint density at radius 1 is 1.32 bits per heavy atom. The van der Waals surface area contributed by atoms with Gasteiger partial charge in [0.05, 0.1) is 13.2 Å². The summed E-state index contributed by atoms with van der Waals surface area (Å²) >= 11 is 14.0. The molecule has 0 amide bonds. The van der Waals surface area contributed by atoms with Crippen molar-refractivity contribution in [2.45, 2.75) is 13.0 Å². The molecule has 0 radical (unpaired) electrons. The number of halogens is 2. The second kappa shape index (κ2) is 6.62. The van der Waals surface area contributed by atoms with E-state index in [0.29, 0.717) is 10.0 Å². The van der Waals surface area contributed by atoms with Gasteiger partial charge in [0.15, 0.2) is 0 Å². The van der Waals surface area contributed by atoms with Crippen LogP contribution in [0.2, 0.25) is 10.0 Å². The van der Waals surface area contributed by atoms with Crippen molar-refractivity contribution in [2.24, 2.45) is 0 Å². The number of thiophene rings is 1. The molecule has 0 saturated heterocycles. The van der Waals surface area contributed by atoms with Crippen LogP contribution in [-0.2, 0) is 0 Å². The van der Waals surface area contributed by atoms with Gasteiger partial charge in [0, 0.05) is 20.3 Å². The Labute approximate surface area is 127 Å². The van der Waals surface area contributed by atoms with E-state index in [1.165, 1.54) is 0 Å². The van der Waals surface area contributed by atoms with Crippen molar-refractivity contribution in [3.8, 4) is 5.75 Å². The fraction of sp³-hybridized carbons (Fsp3) is 0.286. The van der Waals surface area contributed by atoms with E-state index in [4.69, 9.17) is 27.9 Å². The standard InChI is InChI=1S/C14H15Cl2NOS/c1-3-17-14(13-7-10(18-2)8-19-13)11-6-9(15)4-5-12(11)16/h4-8,14,17H,3H2,1-2H3. The molecule has 0 spiro atoms. The second-order valence-electron chi connectivity index (χ2n) is 4.05. The van der Waals surface area contributed by atoms with Crippen LogP contribution in [-0.4, -0.2) is 13.7 Å². The minimum atomic E-state index is 0.0325. The van der Waals surface area contributed by atoms with E-state index in [-0.39, 0.29) is 6.04 Å². The van der Waals surface area contributed by atoms with Gasteiger partial charge in [0.25, 0.3) is 0 Å². The summed E-state index contributed by atoms with van der Waals surface area (Å²) in [5.41, 5.74) is 0.987. The highest BCUT2D eigenvalue weighted by atomic mass is 35.5. The van der Waals surface area contributed by atoms with Crippen molar-refractivity contribution in [1.29, 1.82) is 0 Å². The van der Waals surface area contributed by atoms with Crippen LogP contribution in [0.15, 0.2) is 29.6 Å². The first-order chi connectivity index (χ1) is 9.15. The van der Waals surface area contributed by atoms with Crippen molar-refractivity contribution in [1.82, 2.24) is 5.32 Å². The molecule has 19 heavy (non-hydrogen) atoms. The van der Waals surface area contributed by atoms with Gasteiger partial charge in [-0.05, 0) is 36.4 Å². The SMILES string of the molecule is CCNC(c1cc(OC)cs1)c1cc(Cl)ccc1Cl. The molecule has 2 nitrogen and oxygen atoms in total. The third-order valence-corrected chi connectivity index (χ3v) is 4.35. The second-order valence-corrected chi connectivity index (χ2v) is 5.83. The number of hydrogen-bond donors (Lipinski definition) is 1. The molecule has 0 fully saturated rings. The maximum Gasteiger partial charge on any atom is 0.129 e. The predicted molar refractivity (Wildman–Crippen MR) is 82.9 cm³/mol. The highest BCUT2D eigenvalue weighted by molar-refractivity contribution is 7.10. The molecule has 5 heteroatoms. The maximum absolute atomic E-state index is 6.29. The van der Waals surface area contributed by atoms with Crippen LogP contribution in [0.3, 0.4) is 0 Å². The van der Waals surface area contributed by atoms with E-state index >= 15 is 0 Å². The zero-order valence-electron chi connectivity index (χ0n) is 10.7. The first-order valence-corrected chi connectivity index (χ1v) is 7.60. The molecule has 0 bridgehead atoms. The van der Waals surface area contributed by atoms with Gasteiger partial charge >= 0.3 is 0 Å². The minimum absolute atomic E-state index is 0.0325. The summed E-state index contributed by atoms with van der Waals surface area (Å²) < 4.78 is 5.24. The van der Waals surface area contributed by atoms with Crippen LogP contribution in [0, 0.1) is 0 Å². The molecule has 2 rings (SSSR count). The fourth-order valence-electron chi connectivity index (χ4n) is 1.90. The molecule has 1 heterocycles. The highest BCUT2D eigenvalue weighted by Gasteiger charge is 2.18. The van der Waals surface area contributed by atoms with Gasteiger partial charge in [-0.1, -0.05) is 30.1 Å². The average molecular weight is 316 g/mol. The van der Waals surface area contributed by atoms with Crippen LogP contribution < -0.4 is 10.1 Å². The quantitative estimate of drug-likeness (QED) is 0.858. The summed E-state index contributed by atoms with van der Waals surface area (Å²) in [5, 5.41) is 6.81. The summed E-state index contributed by atoms with van der Waals surface area (Å²) in [6, 6.07) is 7.59. The molecule has 1 aromatic carbocycles. The van der Waals surface area contributed by atoms with Gasteiger partial charge in [-0.15, -0.1) is 11.3 Å². The summed E-state index contributed by atoms with van der Waals surface area (Å²) in [6.45, 7) is 2.91. The Bertz CT molecular complexity index is 556. The number of ether oxygens (including phenoxy) is 1. The fourth-order valence-corrected chi connectivity index (χ4v) is 3.25. The van der Waals surface area contributed by atoms with E-state index in [1.54, 1.807) is 24.5 Å². The molecule has 1 aromatic heterocycles. The van der Waals surface area contributed by atoms with Crippen LogP contribution in [0.25, 0.3) is 0 Å². The summed E-state index contributed by atoms with van der Waals surface area (Å²) in [7, 11) is 1.67. The Morgan fingerprint density at radius 3 is 2.74 bits per heavy atom. The lowest BCUT2D eigenvalue weighted by atomic mass is 10.1. The average Bonchev–Trinajstić information content (AvgIpc) is 2.88. The van der Waals surface area contributed by atoms with Crippen LogP contribution in [0.5, 0.6) is 5.75 Å². The molecule has 0 saturated carbocycles. The normalized spacial score (nSPS) is 12.4. The van der Waals surface area contributed by atoms with Gasteiger partial charge in [0.1, 0.15) is 5.75 Å². The van der Waals surface area contributed by atoms with Crippen molar-refractivity contribution < 1.29 is 4.74 Å². The van der Waals surface area contributed by atoms with Crippen molar-refractivity contribution in [2.75, 3.05) is 13.7 Å². The van der Waals surface area contributed by atoms with E-state index in [0.717, 1.165) is 22.7 Å². The van der Waals surface area contributed by atoms with Crippen molar-refractivity contribution >= 4 is 34.5 Å². The van der Waals surface area contributed by atoms with Gasteiger partial charge in [-0.25, -0.2) is 0 Å². The smallest absolute Gasteiger partial charge is 0.129 e. The zero-order chi connectivity index (χ0) is 13.8. The monoisotopic (exact) mass is 315 g/mol. The molecule has 102 valence electrons. The Kier molecular flexibility index (Phi) is 5.11. The maximum atomic E-state index is 6.29. The van der Waals surface area contributed by atoms with E-state index in [2.05, 4.69) is 12.2 Å². The zero-order valence-corrected chi connectivity index (χ0v) is 13.1. The number of nitrogens with one attached hydrogen (secondary N) is 1. The molecule has 0 aliphatic carbocycles. The largest absolute Gasteiger partial charge is 0.496 e. The van der Waals surface area contributed by atoms with Crippen LogP contribution in [0.1, 0.15) is 23.4 Å². The number of rotatable bonds is 5. The molecule has 0 aliphatic rings. The van der Waals surface area contributed by atoms with E-state index < -0.39 is 0 Å². The van der Waals surface area contributed by atoms with Gasteiger partial charge in [-0.3, -0.25) is 0 Å². The minimum Gasteiger partial charge on any atom is -0.496 e. The molecule has 0 aliphatic heterocycles. The van der Waals surface area contributed by atoms with Gasteiger partial charge < -0.3 is 10.1 Å². The van der Waals surface area contributed by atoms with E-state index in [1.807, 2.05) is 23.6 Å². The Morgan fingerprint density at radius 2 is 2.11 bits per heavy atom. The summed E-state index contributed by atoms with van der Waals surface area (Å²) in [4.78, 5) is 1.16. The van der Waals surface area contributed by atoms with Crippen LogP contribution in [0.4, 0.5) is 0 Å². The first-order valence-electron chi connectivity index (χ1n) is 5.96. The topological polar surface area (TPSA) is 21.3 Å². The summed E-state index contributed by atoms with van der Waals surface area (Å²) in [5.74, 6) is 0.862. The first kappa shape index (κ1) is 14.7. The molecular weight excluding hydrogens is 301 g/mol. The third kappa shape index (κ3) is 3.42. The molecule has 2 aromatic rings. The molecule has 1 atom stereocenters. The lowest BCUT2D eigenvalue weighted by Gasteiger charge is -2.18. The number of hydrogen-bond acceptors (Lipinski definition) is 3. The molecule has 1 N–H and O–H groups in total. The number of methoxy groups -OCH3 is 1. The van der Waals surface area contributed by atoms with Crippen molar-refractivity contribution in [3.05, 3.63) is 50.1 Å². The molecule has 1 unspecified atom stereocenters. The van der Waals surface area contributed by atoms with Gasteiger partial charge in [0.2, 0.25) is 0 Å². The lowest BCUT2D eigenvalue weighted by Crippen LogP contribution is -2.21. The predicted octanol–water partition coefficient (Wildman–Crippen LogP) is 4.76. The highest BCUT2D eigenvalue weighted by Crippen LogP contribution is 2.35. The Hall–Kier alpha value is -0.740. The third-order valence-electron chi connectivity index (χ3n) is 2.79. The summed E-state index contributed by atoms with van der Waals surface area (Å²) in [6.07, 6.45) is 0. The number of benzene rings is 1. The van der Waals surface area contributed by atoms with Crippen molar-refractivity contribution in [3.63, 3.8) is 0 Å². The Balaban J connectivity index is 2.41. The van der Waals surface area contributed by atoms with Gasteiger partial charge in [-0.2, -0.15) is 0 Å². The van der Waals surface area contributed by atoms with Crippen LogP contribution >= 0.6 is 34.5 Å². The van der Waals surface area contributed by atoms with E-state index in [9.17, 15) is 0 Å².